The van der Waals surface area contributed by atoms with Crippen molar-refractivity contribution in [2.45, 2.75) is 24.3 Å². The second kappa shape index (κ2) is 7.72. The lowest BCUT2D eigenvalue weighted by atomic mass is 10.1. The maximum atomic E-state index is 12.7. The lowest BCUT2D eigenvalue weighted by Crippen LogP contribution is -2.20. The van der Waals surface area contributed by atoms with E-state index in [4.69, 9.17) is 34.8 Å². The zero-order valence-corrected chi connectivity index (χ0v) is 16.4. The average molecular weight is 420 g/mol. The number of sulfonamides is 1. The predicted octanol–water partition coefficient (Wildman–Crippen LogP) is 5.04. The molecule has 0 unspecified atom stereocenters. The molecule has 1 heterocycles. The lowest BCUT2D eigenvalue weighted by Gasteiger charge is -2.18. The molecule has 0 aliphatic carbocycles. The van der Waals surface area contributed by atoms with Crippen molar-refractivity contribution in [1.29, 1.82) is 0 Å². The fourth-order valence-electron chi connectivity index (χ4n) is 2.81. The topological polar surface area (TPSA) is 49.4 Å². The molecule has 1 aliphatic rings. The first-order chi connectivity index (χ1) is 11.8. The molecule has 8 heteroatoms. The van der Waals surface area contributed by atoms with Crippen LogP contribution in [0.25, 0.3) is 0 Å². The van der Waals surface area contributed by atoms with Gasteiger partial charge in [0, 0.05) is 11.6 Å². The van der Waals surface area contributed by atoms with Crippen molar-refractivity contribution in [2.75, 3.05) is 17.8 Å². The molecule has 1 aliphatic heterocycles. The molecule has 0 radical (unpaired) electrons. The molecule has 2 aromatic rings. The Labute approximate surface area is 162 Å². The van der Waals surface area contributed by atoms with Crippen molar-refractivity contribution < 1.29 is 8.42 Å². The molecular formula is C17H17Cl3N2O2S. The number of nitrogens with zero attached hydrogens (tertiary/aromatic N) is 1. The Morgan fingerprint density at radius 1 is 0.960 bits per heavy atom. The Hall–Kier alpha value is -0.980. The maximum absolute atomic E-state index is 12.7. The van der Waals surface area contributed by atoms with E-state index < -0.39 is 10.0 Å². The molecule has 0 amide bonds. The van der Waals surface area contributed by atoms with E-state index in [1.807, 2.05) is 6.07 Å². The fraction of sp³-hybridized carbons (Fsp3) is 0.294. The van der Waals surface area contributed by atoms with Crippen LogP contribution in [0.4, 0.5) is 5.69 Å². The normalized spacial score (nSPS) is 15.5. The van der Waals surface area contributed by atoms with Gasteiger partial charge in [-0.3, -0.25) is 9.62 Å². The van der Waals surface area contributed by atoms with Gasteiger partial charge in [0.25, 0.3) is 10.0 Å². The smallest absolute Gasteiger partial charge is 0.261 e. The summed E-state index contributed by atoms with van der Waals surface area (Å²) in [6.45, 7) is 2.71. The van der Waals surface area contributed by atoms with Crippen LogP contribution < -0.4 is 4.72 Å². The van der Waals surface area contributed by atoms with Crippen LogP contribution in [0.1, 0.15) is 18.4 Å². The van der Waals surface area contributed by atoms with E-state index in [0.717, 1.165) is 31.5 Å². The first-order valence-electron chi connectivity index (χ1n) is 7.84. The number of halogens is 3. The van der Waals surface area contributed by atoms with Gasteiger partial charge in [0.1, 0.15) is 0 Å². The summed E-state index contributed by atoms with van der Waals surface area (Å²) in [5, 5.41) is 0.961. The van der Waals surface area contributed by atoms with E-state index in [-0.39, 0.29) is 9.92 Å². The summed E-state index contributed by atoms with van der Waals surface area (Å²) in [5.41, 5.74) is 1.36. The zero-order chi connectivity index (χ0) is 18.0. The molecule has 0 spiro atoms. The van der Waals surface area contributed by atoms with Gasteiger partial charge in [-0.1, -0.05) is 40.9 Å². The highest BCUT2D eigenvalue weighted by Crippen LogP contribution is 2.29. The van der Waals surface area contributed by atoms with Crippen molar-refractivity contribution in [3.63, 3.8) is 0 Å². The Bertz CT molecular complexity index is 881. The minimum absolute atomic E-state index is 0.0500. The molecule has 134 valence electrons. The molecule has 1 saturated heterocycles. The largest absolute Gasteiger partial charge is 0.299 e. The lowest BCUT2D eigenvalue weighted by molar-refractivity contribution is 0.332. The van der Waals surface area contributed by atoms with E-state index >= 15 is 0 Å². The van der Waals surface area contributed by atoms with Gasteiger partial charge in [-0.2, -0.15) is 0 Å². The van der Waals surface area contributed by atoms with Crippen LogP contribution >= 0.6 is 34.8 Å². The Balaban J connectivity index is 1.89. The second-order valence-corrected chi connectivity index (χ2v) is 8.90. The van der Waals surface area contributed by atoms with Gasteiger partial charge in [0.15, 0.2) is 0 Å². The molecular weight excluding hydrogens is 403 g/mol. The van der Waals surface area contributed by atoms with Gasteiger partial charge in [0.05, 0.1) is 20.6 Å². The van der Waals surface area contributed by atoms with Crippen molar-refractivity contribution >= 4 is 50.5 Å². The summed E-state index contributed by atoms with van der Waals surface area (Å²) in [6, 6.07) is 9.46. The predicted molar refractivity (Wildman–Crippen MR) is 103 cm³/mol. The molecule has 1 N–H and O–H groups in total. The molecule has 0 aromatic heterocycles. The van der Waals surface area contributed by atoms with E-state index in [2.05, 4.69) is 9.62 Å². The number of hydrogen-bond donors (Lipinski definition) is 1. The van der Waals surface area contributed by atoms with Crippen molar-refractivity contribution in [1.82, 2.24) is 4.90 Å². The molecule has 0 saturated carbocycles. The van der Waals surface area contributed by atoms with Crippen molar-refractivity contribution in [3.05, 3.63) is 57.0 Å². The molecule has 3 rings (SSSR count). The standard InChI is InChI=1S/C17H17Cl3N2O2S/c18-13-4-3-12(11-22-7-1-2-8-22)17(9-13)21-25(23,24)14-5-6-15(19)16(20)10-14/h3-6,9-10,21H,1-2,7-8,11H2. The van der Waals surface area contributed by atoms with Gasteiger partial charge in [-0.05, 0) is 61.8 Å². The maximum Gasteiger partial charge on any atom is 0.261 e. The minimum atomic E-state index is -3.80. The van der Waals surface area contributed by atoms with Crippen LogP contribution in [-0.2, 0) is 16.6 Å². The number of anilines is 1. The van der Waals surface area contributed by atoms with Gasteiger partial charge < -0.3 is 0 Å². The van der Waals surface area contributed by atoms with Crippen LogP contribution in [0.3, 0.4) is 0 Å². The van der Waals surface area contributed by atoms with Gasteiger partial charge in [-0.15, -0.1) is 0 Å². The zero-order valence-electron chi connectivity index (χ0n) is 13.3. The highest BCUT2D eigenvalue weighted by molar-refractivity contribution is 7.92. The molecule has 25 heavy (non-hydrogen) atoms. The number of rotatable bonds is 5. The molecule has 1 fully saturated rings. The first kappa shape index (κ1) is 18.8. The Morgan fingerprint density at radius 3 is 2.36 bits per heavy atom. The molecule has 0 atom stereocenters. The Morgan fingerprint density at radius 2 is 1.68 bits per heavy atom. The average Bonchev–Trinajstić information content (AvgIpc) is 3.05. The third-order valence-corrected chi connectivity index (χ3v) is 6.45. The molecule has 2 aromatic carbocycles. The minimum Gasteiger partial charge on any atom is -0.299 e. The summed E-state index contributed by atoms with van der Waals surface area (Å²) < 4.78 is 28.0. The van der Waals surface area contributed by atoms with E-state index in [0.29, 0.717) is 22.3 Å². The monoisotopic (exact) mass is 418 g/mol. The SMILES string of the molecule is O=S(=O)(Nc1cc(Cl)ccc1CN1CCCC1)c1ccc(Cl)c(Cl)c1. The quantitative estimate of drug-likeness (QED) is 0.738. The van der Waals surface area contributed by atoms with Crippen molar-refractivity contribution in [3.8, 4) is 0 Å². The second-order valence-electron chi connectivity index (χ2n) is 5.97. The van der Waals surface area contributed by atoms with E-state index in [1.54, 1.807) is 12.1 Å². The number of benzene rings is 2. The summed E-state index contributed by atoms with van der Waals surface area (Å²) >= 11 is 17.9. The first-order valence-corrected chi connectivity index (χ1v) is 10.5. The van der Waals surface area contributed by atoms with Gasteiger partial charge >= 0.3 is 0 Å². The van der Waals surface area contributed by atoms with Crippen LogP contribution in [0.15, 0.2) is 41.3 Å². The fourth-order valence-corrected chi connectivity index (χ4v) is 4.46. The summed E-state index contributed by atoms with van der Waals surface area (Å²) in [7, 11) is -3.80. The van der Waals surface area contributed by atoms with E-state index in [9.17, 15) is 8.42 Å². The van der Waals surface area contributed by atoms with Gasteiger partial charge in [0.2, 0.25) is 0 Å². The van der Waals surface area contributed by atoms with Crippen LogP contribution in [-0.4, -0.2) is 26.4 Å². The van der Waals surface area contributed by atoms with Crippen molar-refractivity contribution in [2.24, 2.45) is 0 Å². The van der Waals surface area contributed by atoms with Crippen LogP contribution in [0.2, 0.25) is 15.1 Å². The number of hydrogen-bond acceptors (Lipinski definition) is 3. The third-order valence-electron chi connectivity index (χ3n) is 4.11. The summed E-state index contributed by atoms with van der Waals surface area (Å²) in [5.74, 6) is 0. The van der Waals surface area contributed by atoms with E-state index in [1.165, 1.54) is 18.2 Å². The van der Waals surface area contributed by atoms with Gasteiger partial charge in [-0.25, -0.2) is 8.42 Å². The Kier molecular flexibility index (Phi) is 5.81. The van der Waals surface area contributed by atoms with Crippen LogP contribution in [0.5, 0.6) is 0 Å². The highest BCUT2D eigenvalue weighted by atomic mass is 35.5. The number of likely N-dealkylation sites (tertiary alicyclic amines) is 1. The number of nitrogens with one attached hydrogen (secondary N) is 1. The summed E-state index contributed by atoms with van der Waals surface area (Å²) in [6.07, 6.45) is 2.33. The molecule has 0 bridgehead atoms. The molecule has 4 nitrogen and oxygen atoms in total. The highest BCUT2D eigenvalue weighted by Gasteiger charge is 2.19. The third kappa shape index (κ3) is 4.60. The summed E-state index contributed by atoms with van der Waals surface area (Å²) in [4.78, 5) is 2.34. The van der Waals surface area contributed by atoms with Crippen LogP contribution in [0, 0.1) is 0 Å².